The Hall–Kier alpha value is -3.21. The molecule has 2 aromatic carbocycles. The average Bonchev–Trinajstić information content (AvgIpc) is 3.35. The highest BCUT2D eigenvalue weighted by atomic mass is 35.5. The van der Waals surface area contributed by atoms with E-state index in [0.29, 0.717) is 54.2 Å². The molecule has 0 aliphatic carbocycles. The van der Waals surface area contributed by atoms with Crippen molar-refractivity contribution in [2.75, 3.05) is 33.0 Å². The van der Waals surface area contributed by atoms with Gasteiger partial charge in [0, 0.05) is 13.2 Å². The smallest absolute Gasteiger partial charge is 0.262 e. The molecule has 0 unspecified atom stereocenters. The number of para-hydroxylation sites is 1. The lowest BCUT2D eigenvalue weighted by atomic mass is 10.1. The Morgan fingerprint density at radius 1 is 1.18 bits per heavy atom. The third kappa shape index (κ3) is 7.41. The van der Waals surface area contributed by atoms with Gasteiger partial charge in [-0.2, -0.15) is 5.26 Å². The number of ether oxygens (including phenoxy) is 4. The van der Waals surface area contributed by atoms with Crippen LogP contribution in [-0.2, 0) is 9.53 Å². The molecule has 1 saturated heterocycles. The summed E-state index contributed by atoms with van der Waals surface area (Å²) in [4.78, 5) is 12.4. The van der Waals surface area contributed by atoms with Crippen LogP contribution in [0.25, 0.3) is 6.08 Å². The zero-order valence-corrected chi connectivity index (χ0v) is 19.3. The van der Waals surface area contributed by atoms with Gasteiger partial charge in [-0.15, -0.1) is 0 Å². The molecule has 8 heteroatoms. The summed E-state index contributed by atoms with van der Waals surface area (Å²) in [6.45, 7) is 4.00. The first-order valence-electron chi connectivity index (χ1n) is 10.9. The van der Waals surface area contributed by atoms with Crippen molar-refractivity contribution in [3.8, 4) is 23.3 Å². The standard InChI is InChI=1S/C25H27ClN2O5/c1-2-30-24-15-18(14-19(16-27)25(29)28-17-20-6-5-11-31-20)9-10-23(24)33-13-12-32-22-8-4-3-7-21(22)26/h3-4,7-10,14-15,20H,2,5-6,11-13,17H2,1H3,(H,28,29)/b19-14+/t20-/m1/s1. The van der Waals surface area contributed by atoms with Gasteiger partial charge in [0.25, 0.3) is 5.91 Å². The average molecular weight is 471 g/mol. The second kappa shape index (κ2) is 12.7. The molecular formula is C25H27ClN2O5. The van der Waals surface area contributed by atoms with Crippen LogP contribution in [0.5, 0.6) is 17.2 Å². The number of nitrogens with one attached hydrogen (secondary N) is 1. The normalized spacial score (nSPS) is 15.5. The molecule has 0 saturated carbocycles. The molecule has 1 atom stereocenters. The van der Waals surface area contributed by atoms with Gasteiger partial charge >= 0.3 is 0 Å². The molecule has 0 spiro atoms. The number of hydrogen-bond donors (Lipinski definition) is 1. The van der Waals surface area contributed by atoms with Crippen LogP contribution in [-0.4, -0.2) is 45.0 Å². The number of hydrogen-bond acceptors (Lipinski definition) is 6. The number of rotatable bonds is 11. The molecule has 1 amide bonds. The number of carbonyl (C=O) groups excluding carboxylic acids is 1. The predicted molar refractivity (Wildman–Crippen MR) is 126 cm³/mol. The summed E-state index contributed by atoms with van der Waals surface area (Å²) in [5.41, 5.74) is 0.666. The van der Waals surface area contributed by atoms with E-state index in [0.717, 1.165) is 12.8 Å². The molecule has 0 bridgehead atoms. The fraction of sp³-hybridized carbons (Fsp3) is 0.360. The molecule has 1 heterocycles. The Morgan fingerprint density at radius 2 is 1.97 bits per heavy atom. The van der Waals surface area contributed by atoms with Gasteiger partial charge in [-0.1, -0.05) is 29.8 Å². The van der Waals surface area contributed by atoms with Gasteiger partial charge in [0.05, 0.1) is 17.7 Å². The van der Waals surface area contributed by atoms with Crippen LogP contribution in [0.1, 0.15) is 25.3 Å². The molecule has 3 rings (SSSR count). The van der Waals surface area contributed by atoms with Gasteiger partial charge in [-0.25, -0.2) is 0 Å². The van der Waals surface area contributed by atoms with Crippen molar-refractivity contribution in [1.29, 1.82) is 5.26 Å². The van der Waals surface area contributed by atoms with Crippen molar-refractivity contribution in [2.45, 2.75) is 25.9 Å². The lowest BCUT2D eigenvalue weighted by molar-refractivity contribution is -0.117. The second-order valence-corrected chi connectivity index (χ2v) is 7.69. The highest BCUT2D eigenvalue weighted by molar-refractivity contribution is 6.32. The maximum Gasteiger partial charge on any atom is 0.262 e. The van der Waals surface area contributed by atoms with Crippen LogP contribution in [0.2, 0.25) is 5.02 Å². The van der Waals surface area contributed by atoms with E-state index in [1.165, 1.54) is 6.08 Å². The summed E-state index contributed by atoms with van der Waals surface area (Å²) in [7, 11) is 0. The van der Waals surface area contributed by atoms with Gasteiger partial charge in [-0.3, -0.25) is 4.79 Å². The Balaban J connectivity index is 1.60. The summed E-state index contributed by atoms with van der Waals surface area (Å²) >= 11 is 6.08. The molecular weight excluding hydrogens is 444 g/mol. The maximum absolute atomic E-state index is 12.4. The minimum absolute atomic E-state index is 0.0109. The number of halogens is 1. The van der Waals surface area contributed by atoms with Gasteiger partial charge < -0.3 is 24.3 Å². The number of carbonyl (C=O) groups is 1. The third-order valence-corrected chi connectivity index (χ3v) is 5.21. The largest absolute Gasteiger partial charge is 0.490 e. The SMILES string of the molecule is CCOc1cc(/C=C(\C#N)C(=O)NC[C@H]2CCCO2)ccc1OCCOc1ccccc1Cl. The molecule has 1 aliphatic rings. The van der Waals surface area contributed by atoms with Crippen LogP contribution >= 0.6 is 11.6 Å². The van der Waals surface area contributed by atoms with E-state index in [2.05, 4.69) is 5.32 Å². The van der Waals surface area contributed by atoms with Crippen molar-refractivity contribution < 1.29 is 23.7 Å². The zero-order valence-electron chi connectivity index (χ0n) is 18.5. The van der Waals surface area contributed by atoms with Gasteiger partial charge in [-0.05, 0) is 55.7 Å². The highest BCUT2D eigenvalue weighted by Crippen LogP contribution is 2.30. The second-order valence-electron chi connectivity index (χ2n) is 7.28. The molecule has 1 fully saturated rings. The summed E-state index contributed by atoms with van der Waals surface area (Å²) in [5, 5.41) is 12.7. The quantitative estimate of drug-likeness (QED) is 0.297. The Kier molecular flexibility index (Phi) is 9.43. The number of amides is 1. The maximum atomic E-state index is 12.4. The fourth-order valence-corrected chi connectivity index (χ4v) is 3.48. The minimum Gasteiger partial charge on any atom is -0.490 e. The van der Waals surface area contributed by atoms with Gasteiger partial charge in [0.15, 0.2) is 11.5 Å². The van der Waals surface area contributed by atoms with Crippen molar-refractivity contribution in [3.63, 3.8) is 0 Å². The van der Waals surface area contributed by atoms with E-state index in [4.69, 9.17) is 30.5 Å². The molecule has 33 heavy (non-hydrogen) atoms. The molecule has 1 aliphatic heterocycles. The predicted octanol–water partition coefficient (Wildman–Crippen LogP) is 4.40. The minimum atomic E-state index is -0.428. The molecule has 1 N–H and O–H groups in total. The zero-order chi connectivity index (χ0) is 23.5. The van der Waals surface area contributed by atoms with Crippen molar-refractivity contribution in [2.24, 2.45) is 0 Å². The van der Waals surface area contributed by atoms with Crippen LogP contribution < -0.4 is 19.5 Å². The lowest BCUT2D eigenvalue weighted by Gasteiger charge is -2.14. The Labute approximate surface area is 198 Å². The van der Waals surface area contributed by atoms with Crippen molar-refractivity contribution in [1.82, 2.24) is 5.32 Å². The lowest BCUT2D eigenvalue weighted by Crippen LogP contribution is -2.32. The first-order valence-corrected chi connectivity index (χ1v) is 11.3. The van der Waals surface area contributed by atoms with Crippen LogP contribution in [0.15, 0.2) is 48.0 Å². The van der Waals surface area contributed by atoms with Crippen LogP contribution in [0, 0.1) is 11.3 Å². The van der Waals surface area contributed by atoms with Crippen molar-refractivity contribution >= 4 is 23.6 Å². The van der Waals surface area contributed by atoms with E-state index in [-0.39, 0.29) is 18.3 Å². The molecule has 0 radical (unpaired) electrons. The highest BCUT2D eigenvalue weighted by Gasteiger charge is 2.18. The first kappa shape index (κ1) is 24.4. The summed E-state index contributed by atoms with van der Waals surface area (Å²) in [6.07, 6.45) is 3.44. The van der Waals surface area contributed by atoms with Crippen LogP contribution in [0.4, 0.5) is 0 Å². The monoisotopic (exact) mass is 470 g/mol. The van der Waals surface area contributed by atoms with E-state index in [9.17, 15) is 10.1 Å². The third-order valence-electron chi connectivity index (χ3n) is 4.89. The van der Waals surface area contributed by atoms with E-state index >= 15 is 0 Å². The molecule has 174 valence electrons. The number of nitriles is 1. The number of nitrogens with zero attached hydrogens (tertiary/aromatic N) is 1. The molecule has 0 aromatic heterocycles. The fourth-order valence-electron chi connectivity index (χ4n) is 3.29. The number of benzene rings is 2. The summed E-state index contributed by atoms with van der Waals surface area (Å²) < 4.78 is 22.6. The molecule has 7 nitrogen and oxygen atoms in total. The first-order chi connectivity index (χ1) is 16.1. The van der Waals surface area contributed by atoms with Gasteiger partial charge in [0.2, 0.25) is 0 Å². The van der Waals surface area contributed by atoms with Crippen molar-refractivity contribution in [3.05, 3.63) is 58.6 Å². The summed E-state index contributed by atoms with van der Waals surface area (Å²) in [6, 6.07) is 14.4. The van der Waals surface area contributed by atoms with E-state index in [1.54, 1.807) is 30.3 Å². The Morgan fingerprint density at radius 3 is 2.67 bits per heavy atom. The van der Waals surface area contributed by atoms with Crippen LogP contribution in [0.3, 0.4) is 0 Å². The topological polar surface area (TPSA) is 89.8 Å². The van der Waals surface area contributed by atoms with E-state index in [1.807, 2.05) is 25.1 Å². The van der Waals surface area contributed by atoms with E-state index < -0.39 is 5.91 Å². The van der Waals surface area contributed by atoms with Gasteiger partial charge in [0.1, 0.15) is 30.6 Å². The molecule has 2 aromatic rings. The summed E-state index contributed by atoms with van der Waals surface area (Å²) in [5.74, 6) is 1.22. The Bertz CT molecular complexity index is 1010.